The van der Waals surface area contributed by atoms with Crippen molar-refractivity contribution >= 4 is 6.09 Å². The second-order valence-corrected chi connectivity index (χ2v) is 12.5. The molecule has 0 bridgehead atoms. The van der Waals surface area contributed by atoms with Gasteiger partial charge in [0.1, 0.15) is 5.60 Å². The highest BCUT2D eigenvalue weighted by Gasteiger charge is 2.40. The Hall–Kier alpha value is -2.49. The van der Waals surface area contributed by atoms with E-state index in [0.29, 0.717) is 19.5 Å². The Morgan fingerprint density at radius 3 is 1.79 bits per heavy atom. The molecule has 2 aliphatic rings. The number of ether oxygens (including phenoxy) is 1. The normalized spacial score (nSPS) is 28.2. The Labute approximate surface area is 234 Å². The molecule has 2 aromatic carbocycles. The number of benzene rings is 2. The van der Waals surface area contributed by atoms with Crippen molar-refractivity contribution in [1.82, 2.24) is 15.1 Å². The fraction of sp³-hybridized carbons (Fsp3) is 0.581. The molecule has 2 aromatic rings. The van der Waals surface area contributed by atoms with Crippen molar-refractivity contribution in [3.63, 3.8) is 0 Å². The molecule has 216 valence electrons. The van der Waals surface area contributed by atoms with E-state index in [4.69, 9.17) is 10.5 Å². The van der Waals surface area contributed by atoms with E-state index in [1.54, 1.807) is 0 Å². The number of nitrogens with zero attached hydrogens (tertiary/aromatic N) is 2. The smallest absolute Gasteiger partial charge is 0.408 e. The largest absolute Gasteiger partial charge is 0.444 e. The van der Waals surface area contributed by atoms with Gasteiger partial charge in [-0.3, -0.25) is 9.80 Å². The standard InChI is InChI=1S/C18H28N2O3.C13H20N2O/c1-17(2,3)23-16(22)19-18(4)10-11-20(13-15(18)21)12-14-8-6-5-7-9-14;1-13(14)7-8-15(10-12(13)16)9-11-5-3-2-4-6-11/h5-9,15,21H,10-13H2,1-4H3,(H,19,22);2-6,12,16H,7-10,14H2,1H3/t15-,18-;12-,13-/m11/s1. The Balaban J connectivity index is 0.000000230. The molecule has 8 nitrogen and oxygen atoms in total. The van der Waals surface area contributed by atoms with Crippen LogP contribution >= 0.6 is 0 Å². The number of carbonyl (C=O) groups excluding carboxylic acids is 1. The molecule has 5 N–H and O–H groups in total. The van der Waals surface area contributed by atoms with E-state index in [-0.39, 0.29) is 0 Å². The molecule has 4 atom stereocenters. The zero-order valence-electron chi connectivity index (χ0n) is 24.3. The molecule has 2 saturated heterocycles. The first-order valence-corrected chi connectivity index (χ1v) is 13.9. The number of piperidine rings is 2. The summed E-state index contributed by atoms with van der Waals surface area (Å²) in [6, 6.07) is 20.5. The molecule has 0 aromatic heterocycles. The molecule has 39 heavy (non-hydrogen) atoms. The van der Waals surface area contributed by atoms with Crippen molar-refractivity contribution in [1.29, 1.82) is 0 Å². The number of likely N-dealkylation sites (tertiary alicyclic amines) is 2. The van der Waals surface area contributed by atoms with Crippen LogP contribution in [0.4, 0.5) is 4.79 Å². The zero-order valence-corrected chi connectivity index (χ0v) is 24.3. The summed E-state index contributed by atoms with van der Waals surface area (Å²) in [5.41, 5.74) is 6.89. The van der Waals surface area contributed by atoms with E-state index in [1.165, 1.54) is 11.1 Å². The number of alkyl carbamates (subject to hydrolysis) is 1. The highest BCUT2D eigenvalue weighted by Crippen LogP contribution is 2.24. The first kappa shape index (κ1) is 31.0. The Morgan fingerprint density at radius 2 is 1.36 bits per heavy atom. The lowest BCUT2D eigenvalue weighted by atomic mass is 9.86. The van der Waals surface area contributed by atoms with Crippen LogP contribution in [0.15, 0.2) is 60.7 Å². The number of amides is 1. The van der Waals surface area contributed by atoms with Gasteiger partial charge >= 0.3 is 6.09 Å². The van der Waals surface area contributed by atoms with Gasteiger partial charge in [-0.1, -0.05) is 60.7 Å². The van der Waals surface area contributed by atoms with Crippen molar-refractivity contribution in [3.8, 4) is 0 Å². The third-order valence-corrected chi connectivity index (χ3v) is 7.56. The summed E-state index contributed by atoms with van der Waals surface area (Å²) < 4.78 is 5.30. The third kappa shape index (κ3) is 9.89. The number of nitrogens with one attached hydrogen (secondary N) is 1. The summed E-state index contributed by atoms with van der Waals surface area (Å²) in [6.45, 7) is 14.0. The number of rotatable bonds is 5. The molecule has 1 amide bonds. The predicted molar refractivity (Wildman–Crippen MR) is 155 cm³/mol. The average Bonchev–Trinajstić information content (AvgIpc) is 2.85. The molecule has 0 aliphatic carbocycles. The van der Waals surface area contributed by atoms with Crippen LogP contribution in [0.3, 0.4) is 0 Å². The van der Waals surface area contributed by atoms with Crippen molar-refractivity contribution in [3.05, 3.63) is 71.8 Å². The van der Waals surface area contributed by atoms with Crippen LogP contribution in [-0.2, 0) is 17.8 Å². The van der Waals surface area contributed by atoms with Gasteiger partial charge in [0.2, 0.25) is 0 Å². The van der Waals surface area contributed by atoms with E-state index < -0.39 is 35.0 Å². The molecule has 0 spiro atoms. The third-order valence-electron chi connectivity index (χ3n) is 7.56. The summed E-state index contributed by atoms with van der Waals surface area (Å²) in [5, 5.41) is 23.3. The van der Waals surface area contributed by atoms with Gasteiger partial charge in [0.15, 0.2) is 0 Å². The molecule has 0 radical (unpaired) electrons. The summed E-state index contributed by atoms with van der Waals surface area (Å²) in [6.07, 6.45) is -0.00525. The van der Waals surface area contributed by atoms with Crippen LogP contribution in [-0.4, -0.2) is 81.2 Å². The fourth-order valence-corrected chi connectivity index (χ4v) is 4.86. The molecule has 8 heteroatoms. The lowest BCUT2D eigenvalue weighted by Gasteiger charge is -2.43. The minimum Gasteiger partial charge on any atom is -0.444 e. The van der Waals surface area contributed by atoms with Crippen molar-refractivity contribution in [2.24, 2.45) is 5.73 Å². The monoisotopic (exact) mass is 540 g/mol. The summed E-state index contributed by atoms with van der Waals surface area (Å²) in [7, 11) is 0. The van der Waals surface area contributed by atoms with Gasteiger partial charge in [-0.25, -0.2) is 4.79 Å². The minimum atomic E-state index is -0.657. The van der Waals surface area contributed by atoms with Crippen molar-refractivity contribution < 1.29 is 19.7 Å². The summed E-state index contributed by atoms with van der Waals surface area (Å²) in [5.74, 6) is 0. The molecule has 2 heterocycles. The summed E-state index contributed by atoms with van der Waals surface area (Å²) in [4.78, 5) is 16.5. The van der Waals surface area contributed by atoms with Gasteiger partial charge in [0, 0.05) is 44.8 Å². The number of hydrogen-bond acceptors (Lipinski definition) is 7. The minimum absolute atomic E-state index is 0.423. The van der Waals surface area contributed by atoms with Crippen molar-refractivity contribution in [2.75, 3.05) is 26.2 Å². The fourth-order valence-electron chi connectivity index (χ4n) is 4.86. The molecule has 2 fully saturated rings. The molecule has 4 rings (SSSR count). The van der Waals surface area contributed by atoms with Crippen LogP contribution in [0.25, 0.3) is 0 Å². The van der Waals surface area contributed by atoms with Gasteiger partial charge in [-0.15, -0.1) is 0 Å². The van der Waals surface area contributed by atoms with E-state index in [2.05, 4.69) is 39.4 Å². The molecular weight excluding hydrogens is 492 g/mol. The Bertz CT molecular complexity index is 1030. The van der Waals surface area contributed by atoms with Crippen molar-refractivity contribution in [2.45, 2.75) is 89.4 Å². The second kappa shape index (κ2) is 13.2. The number of carbonyl (C=O) groups is 1. The lowest BCUT2D eigenvalue weighted by molar-refractivity contribution is -0.0178. The average molecular weight is 541 g/mol. The molecular formula is C31H48N4O4. The number of β-amino-alcohol motifs (C(OH)–C–C–N with tert-alkyl or cyclic N) is 2. The Morgan fingerprint density at radius 1 is 0.897 bits per heavy atom. The van der Waals surface area contributed by atoms with E-state index in [1.807, 2.05) is 71.0 Å². The zero-order chi connectivity index (χ0) is 28.7. The molecule has 2 aliphatic heterocycles. The first-order valence-electron chi connectivity index (χ1n) is 13.9. The van der Waals surface area contributed by atoms with Gasteiger partial charge in [0.05, 0.1) is 17.7 Å². The maximum absolute atomic E-state index is 12.0. The SMILES string of the molecule is CC(C)(C)OC(=O)N[C@]1(C)CCN(Cc2ccccc2)C[C@H]1O.C[C@@]1(N)CCN(Cc2ccccc2)C[C@H]1O. The van der Waals surface area contributed by atoms with Gasteiger partial charge in [-0.05, 0) is 58.6 Å². The quantitative estimate of drug-likeness (QED) is 0.459. The maximum Gasteiger partial charge on any atom is 0.408 e. The van der Waals surface area contributed by atoms with E-state index in [9.17, 15) is 15.0 Å². The first-order chi connectivity index (χ1) is 18.3. The number of hydrogen-bond donors (Lipinski definition) is 4. The maximum atomic E-state index is 12.0. The van der Waals surface area contributed by atoms with Crippen LogP contribution in [0.1, 0.15) is 58.6 Å². The number of aliphatic hydroxyl groups excluding tert-OH is 2. The van der Waals surface area contributed by atoms with E-state index >= 15 is 0 Å². The lowest BCUT2D eigenvalue weighted by Crippen LogP contribution is -2.62. The van der Waals surface area contributed by atoms with E-state index in [0.717, 1.165) is 32.6 Å². The highest BCUT2D eigenvalue weighted by atomic mass is 16.6. The topological polar surface area (TPSA) is 111 Å². The number of aliphatic hydroxyl groups is 2. The Kier molecular flexibility index (Phi) is 10.5. The second-order valence-electron chi connectivity index (χ2n) is 12.5. The van der Waals surface area contributed by atoms with Crippen LogP contribution in [0, 0.1) is 0 Å². The predicted octanol–water partition coefficient (Wildman–Crippen LogP) is 3.51. The van der Waals surface area contributed by atoms with Gasteiger partial charge in [-0.2, -0.15) is 0 Å². The van der Waals surface area contributed by atoms with Gasteiger partial charge < -0.3 is 26.0 Å². The van der Waals surface area contributed by atoms with Gasteiger partial charge in [0.25, 0.3) is 0 Å². The molecule has 0 unspecified atom stereocenters. The van der Waals surface area contributed by atoms with Crippen LogP contribution in [0.5, 0.6) is 0 Å². The molecule has 0 saturated carbocycles. The number of nitrogens with two attached hydrogens (primary N) is 1. The van der Waals surface area contributed by atoms with Crippen LogP contribution < -0.4 is 11.1 Å². The summed E-state index contributed by atoms with van der Waals surface area (Å²) >= 11 is 0. The van der Waals surface area contributed by atoms with Crippen LogP contribution in [0.2, 0.25) is 0 Å². The highest BCUT2D eigenvalue weighted by molar-refractivity contribution is 5.69.